The van der Waals surface area contributed by atoms with E-state index in [2.05, 4.69) is 15.9 Å². The summed E-state index contributed by atoms with van der Waals surface area (Å²) in [4.78, 5) is 12.2. The van der Waals surface area contributed by atoms with Gasteiger partial charge in [0, 0.05) is 21.5 Å². The van der Waals surface area contributed by atoms with E-state index in [4.69, 9.17) is 5.73 Å². The summed E-state index contributed by atoms with van der Waals surface area (Å²) in [5, 5.41) is 11.0. The van der Waals surface area contributed by atoms with Crippen molar-refractivity contribution >= 4 is 33.4 Å². The van der Waals surface area contributed by atoms with E-state index in [1.807, 2.05) is 25.1 Å². The van der Waals surface area contributed by atoms with Crippen LogP contribution in [0.2, 0.25) is 0 Å². The Balaban J connectivity index is 2.31. The Morgan fingerprint density at radius 1 is 1.30 bits per heavy atom. The lowest BCUT2D eigenvalue weighted by Gasteiger charge is -2.10. The Morgan fingerprint density at radius 3 is 2.60 bits per heavy atom. The zero-order valence-electron chi connectivity index (χ0n) is 10.7. The van der Waals surface area contributed by atoms with Gasteiger partial charge in [0.2, 0.25) is 0 Å². The largest absolute Gasteiger partial charge is 0.324 e. The highest BCUT2D eigenvalue weighted by Crippen LogP contribution is 2.36. The van der Waals surface area contributed by atoms with Crippen LogP contribution in [-0.2, 0) is 0 Å². The number of hydrogen-bond donors (Lipinski definition) is 1. The van der Waals surface area contributed by atoms with E-state index in [-0.39, 0.29) is 16.7 Å². The topological polar surface area (TPSA) is 69.2 Å². The number of para-hydroxylation sites is 1. The highest BCUT2D eigenvalue weighted by molar-refractivity contribution is 9.10. The van der Waals surface area contributed by atoms with Gasteiger partial charge in [-0.15, -0.1) is 0 Å². The van der Waals surface area contributed by atoms with Gasteiger partial charge in [-0.1, -0.05) is 45.9 Å². The monoisotopic (exact) mass is 352 g/mol. The molecule has 2 rings (SSSR count). The normalized spacial score (nSPS) is 12.2. The van der Waals surface area contributed by atoms with Crippen LogP contribution in [0, 0.1) is 10.1 Å². The van der Waals surface area contributed by atoms with Crippen molar-refractivity contribution in [3.05, 3.63) is 62.6 Å². The Labute approximate surface area is 129 Å². The van der Waals surface area contributed by atoms with E-state index < -0.39 is 0 Å². The smallest absolute Gasteiger partial charge is 0.283 e. The second-order valence-electron chi connectivity index (χ2n) is 4.30. The van der Waals surface area contributed by atoms with Gasteiger partial charge in [0.1, 0.15) is 0 Å². The zero-order chi connectivity index (χ0) is 14.7. The van der Waals surface area contributed by atoms with Gasteiger partial charge in [0.25, 0.3) is 5.69 Å². The summed E-state index contributed by atoms with van der Waals surface area (Å²) in [7, 11) is 0. The van der Waals surface area contributed by atoms with Gasteiger partial charge < -0.3 is 5.73 Å². The molecule has 104 valence electrons. The number of hydrogen-bond acceptors (Lipinski definition) is 4. The molecule has 0 heterocycles. The van der Waals surface area contributed by atoms with E-state index in [1.165, 1.54) is 17.8 Å². The number of nitrogens with two attached hydrogens (primary N) is 1. The third-order valence-electron chi connectivity index (χ3n) is 2.75. The quantitative estimate of drug-likeness (QED) is 0.648. The minimum atomic E-state index is -0.367. The molecule has 0 aliphatic carbocycles. The lowest BCUT2D eigenvalue weighted by atomic mass is 10.1. The summed E-state index contributed by atoms with van der Waals surface area (Å²) in [6.45, 7) is 1.91. The molecule has 4 nitrogen and oxygen atoms in total. The Hall–Kier alpha value is -1.37. The predicted molar refractivity (Wildman–Crippen MR) is 84.0 cm³/mol. The first-order chi connectivity index (χ1) is 9.49. The molecule has 0 unspecified atom stereocenters. The summed E-state index contributed by atoms with van der Waals surface area (Å²) in [6.07, 6.45) is 0. The van der Waals surface area contributed by atoms with Crippen LogP contribution in [0.3, 0.4) is 0 Å². The molecule has 0 aliphatic heterocycles. The van der Waals surface area contributed by atoms with Crippen LogP contribution in [0.25, 0.3) is 0 Å². The molecule has 0 aliphatic rings. The fourth-order valence-corrected chi connectivity index (χ4v) is 3.61. The first-order valence-corrected chi connectivity index (χ1v) is 7.56. The van der Waals surface area contributed by atoms with Crippen molar-refractivity contribution in [2.24, 2.45) is 5.73 Å². The van der Waals surface area contributed by atoms with Crippen molar-refractivity contribution in [3.63, 3.8) is 0 Å². The van der Waals surface area contributed by atoms with Crippen molar-refractivity contribution in [1.29, 1.82) is 0 Å². The standard InChI is InChI=1S/C14H13BrN2O2S/c1-9(16)11-7-6-10(8-12(11)15)20-14-5-3-2-4-13(14)17(18)19/h2-9H,16H2,1H3/t9-/m0/s1. The van der Waals surface area contributed by atoms with Crippen LogP contribution in [0.5, 0.6) is 0 Å². The fraction of sp³-hybridized carbons (Fsp3) is 0.143. The third-order valence-corrected chi connectivity index (χ3v) is 4.49. The first-order valence-electron chi connectivity index (χ1n) is 5.95. The van der Waals surface area contributed by atoms with Crippen LogP contribution < -0.4 is 5.73 Å². The maximum atomic E-state index is 11.0. The van der Waals surface area contributed by atoms with Crippen LogP contribution >= 0.6 is 27.7 Å². The third kappa shape index (κ3) is 3.39. The average molecular weight is 353 g/mol. The van der Waals surface area contributed by atoms with Gasteiger partial charge in [-0.05, 0) is 30.7 Å². The molecule has 0 aromatic heterocycles. The Kier molecular flexibility index (Phi) is 4.80. The second-order valence-corrected chi connectivity index (χ2v) is 6.27. The molecule has 6 heteroatoms. The molecule has 0 fully saturated rings. The van der Waals surface area contributed by atoms with Gasteiger partial charge in [-0.25, -0.2) is 0 Å². The highest BCUT2D eigenvalue weighted by atomic mass is 79.9. The molecule has 0 radical (unpaired) electrons. The van der Waals surface area contributed by atoms with Crippen molar-refractivity contribution < 1.29 is 4.92 Å². The van der Waals surface area contributed by atoms with E-state index in [0.29, 0.717) is 4.90 Å². The summed E-state index contributed by atoms with van der Waals surface area (Å²) >= 11 is 4.85. The van der Waals surface area contributed by atoms with Gasteiger partial charge in [-0.2, -0.15) is 0 Å². The molecule has 2 aromatic carbocycles. The minimum absolute atomic E-state index is 0.0607. The first kappa shape index (κ1) is 15.0. The number of nitro groups is 1. The second kappa shape index (κ2) is 6.39. The summed E-state index contributed by atoms with van der Waals surface area (Å²) < 4.78 is 0.913. The lowest BCUT2D eigenvalue weighted by Crippen LogP contribution is -2.05. The van der Waals surface area contributed by atoms with Gasteiger partial charge in [0.05, 0.1) is 9.82 Å². The molecule has 2 aromatic rings. The fourth-order valence-electron chi connectivity index (χ4n) is 1.76. The van der Waals surface area contributed by atoms with Gasteiger partial charge in [-0.3, -0.25) is 10.1 Å². The van der Waals surface area contributed by atoms with E-state index in [9.17, 15) is 10.1 Å². The number of nitro benzene ring substituents is 1. The molecule has 0 bridgehead atoms. The van der Waals surface area contributed by atoms with Crippen LogP contribution in [0.4, 0.5) is 5.69 Å². The van der Waals surface area contributed by atoms with Crippen LogP contribution in [0.15, 0.2) is 56.7 Å². The van der Waals surface area contributed by atoms with Crippen LogP contribution in [-0.4, -0.2) is 4.92 Å². The number of nitrogens with zero attached hydrogens (tertiary/aromatic N) is 1. The van der Waals surface area contributed by atoms with Crippen molar-refractivity contribution in [3.8, 4) is 0 Å². The molecule has 2 N–H and O–H groups in total. The molecule has 0 saturated carbocycles. The average Bonchev–Trinajstić information content (AvgIpc) is 2.38. The Bertz CT molecular complexity index is 647. The maximum absolute atomic E-state index is 11.0. The molecule has 0 amide bonds. The molecule has 1 atom stereocenters. The zero-order valence-corrected chi connectivity index (χ0v) is 13.1. The van der Waals surface area contributed by atoms with Crippen molar-refractivity contribution in [2.45, 2.75) is 22.8 Å². The molecule has 0 spiro atoms. The van der Waals surface area contributed by atoms with Gasteiger partial charge in [0.15, 0.2) is 0 Å². The van der Waals surface area contributed by atoms with Crippen molar-refractivity contribution in [2.75, 3.05) is 0 Å². The molecular weight excluding hydrogens is 340 g/mol. The Morgan fingerprint density at radius 2 is 2.00 bits per heavy atom. The van der Waals surface area contributed by atoms with E-state index >= 15 is 0 Å². The minimum Gasteiger partial charge on any atom is -0.324 e. The van der Waals surface area contributed by atoms with E-state index in [1.54, 1.807) is 18.2 Å². The SMILES string of the molecule is C[C@H](N)c1ccc(Sc2ccccc2[N+](=O)[O-])cc1Br. The van der Waals surface area contributed by atoms with Crippen LogP contribution in [0.1, 0.15) is 18.5 Å². The number of benzene rings is 2. The lowest BCUT2D eigenvalue weighted by molar-refractivity contribution is -0.387. The summed E-state index contributed by atoms with van der Waals surface area (Å²) in [6, 6.07) is 12.4. The van der Waals surface area contributed by atoms with Crippen molar-refractivity contribution in [1.82, 2.24) is 0 Å². The number of rotatable bonds is 4. The number of halogens is 1. The summed E-state index contributed by atoms with van der Waals surface area (Å²) in [5.74, 6) is 0. The highest BCUT2D eigenvalue weighted by Gasteiger charge is 2.14. The maximum Gasteiger partial charge on any atom is 0.283 e. The summed E-state index contributed by atoms with van der Waals surface area (Å²) in [5.41, 5.74) is 6.98. The van der Waals surface area contributed by atoms with Gasteiger partial charge >= 0.3 is 0 Å². The predicted octanol–water partition coefficient (Wildman–Crippen LogP) is 4.53. The van der Waals surface area contributed by atoms with E-state index in [0.717, 1.165) is 14.9 Å². The molecule has 20 heavy (non-hydrogen) atoms. The molecule has 0 saturated heterocycles. The molecular formula is C14H13BrN2O2S.